The Morgan fingerprint density at radius 3 is 2.78 bits per heavy atom. The second kappa shape index (κ2) is 8.26. The third-order valence-electron chi connectivity index (χ3n) is 4.58. The van der Waals surface area contributed by atoms with Crippen molar-refractivity contribution < 1.29 is 22.5 Å². The summed E-state index contributed by atoms with van der Waals surface area (Å²) in [7, 11) is 1.70. The minimum absolute atomic E-state index is 0.0175. The number of anilines is 1. The number of nitrogen functional groups attached to an aromatic ring is 1. The summed E-state index contributed by atoms with van der Waals surface area (Å²) >= 11 is 0. The number of carbonyl (C=O) groups excluding carboxylic acids is 1. The summed E-state index contributed by atoms with van der Waals surface area (Å²) in [5.41, 5.74) is 6.56. The Balaban J connectivity index is 1.49. The van der Waals surface area contributed by atoms with Crippen LogP contribution in [0.5, 0.6) is 0 Å². The number of rotatable bonds is 6. The Kier molecular flexibility index (Phi) is 5.48. The normalized spacial score (nSPS) is 11.8. The summed E-state index contributed by atoms with van der Waals surface area (Å²) in [6, 6.07) is 4.72. The summed E-state index contributed by atoms with van der Waals surface area (Å²) in [5.74, 6) is 0.143. The minimum Gasteiger partial charge on any atom is -0.383 e. The minimum atomic E-state index is -4.46. The summed E-state index contributed by atoms with van der Waals surface area (Å²) in [6.07, 6.45) is -3.26. The predicted molar refractivity (Wildman–Crippen MR) is 107 cm³/mol. The van der Waals surface area contributed by atoms with E-state index in [9.17, 15) is 18.0 Å². The first-order chi connectivity index (χ1) is 15.3. The second-order valence-electron chi connectivity index (χ2n) is 6.80. The molecule has 0 bridgehead atoms. The molecule has 0 atom stereocenters. The van der Waals surface area contributed by atoms with E-state index in [4.69, 9.17) is 10.3 Å². The monoisotopic (exact) mass is 446 g/mol. The predicted octanol–water partition coefficient (Wildman–Crippen LogP) is 2.26. The fourth-order valence-corrected chi connectivity index (χ4v) is 3.04. The zero-order chi connectivity index (χ0) is 22.9. The van der Waals surface area contributed by atoms with Crippen molar-refractivity contribution in [2.75, 3.05) is 12.8 Å². The molecule has 4 aromatic rings. The molecule has 0 aliphatic heterocycles. The SMILES string of the molecule is CNCc1c(N)ncnc1C(=O)NCc1cc(-c2nc3ccc(C(F)(F)F)cc3[nH]2)on1. The van der Waals surface area contributed by atoms with Gasteiger partial charge in [0.15, 0.2) is 5.82 Å². The molecule has 0 saturated heterocycles. The van der Waals surface area contributed by atoms with Crippen LogP contribution in [0.2, 0.25) is 0 Å². The van der Waals surface area contributed by atoms with E-state index in [1.54, 1.807) is 7.05 Å². The molecular weight excluding hydrogens is 429 g/mol. The maximum Gasteiger partial charge on any atom is 0.416 e. The van der Waals surface area contributed by atoms with Crippen LogP contribution in [-0.2, 0) is 19.3 Å². The summed E-state index contributed by atoms with van der Waals surface area (Å²) in [5, 5.41) is 9.43. The number of H-pyrrole nitrogens is 1. The average molecular weight is 446 g/mol. The molecule has 0 radical (unpaired) electrons. The quantitative estimate of drug-likeness (QED) is 0.353. The lowest BCUT2D eigenvalue weighted by Crippen LogP contribution is -2.27. The van der Waals surface area contributed by atoms with Crippen LogP contribution in [0.1, 0.15) is 27.3 Å². The fourth-order valence-electron chi connectivity index (χ4n) is 3.04. The van der Waals surface area contributed by atoms with Crippen LogP contribution in [0, 0.1) is 0 Å². The van der Waals surface area contributed by atoms with Gasteiger partial charge in [0.2, 0.25) is 5.76 Å². The number of fused-ring (bicyclic) bond motifs is 1. The highest BCUT2D eigenvalue weighted by Gasteiger charge is 2.30. The molecule has 0 fully saturated rings. The van der Waals surface area contributed by atoms with Crippen LogP contribution in [0.4, 0.5) is 19.0 Å². The van der Waals surface area contributed by atoms with E-state index in [1.165, 1.54) is 18.5 Å². The standard InChI is InChI=1S/C19H17F3N8O2/c1-24-7-11-15(26-8-27-16(11)23)18(31)25-6-10-5-14(32-30-10)17-28-12-3-2-9(19(20,21)22)4-13(12)29-17/h2-5,8,24H,6-7H2,1H3,(H,25,31)(H,28,29)(H2,23,26,27). The van der Waals surface area contributed by atoms with Crippen molar-refractivity contribution in [3.8, 4) is 11.6 Å². The number of nitrogens with one attached hydrogen (secondary N) is 3. The van der Waals surface area contributed by atoms with E-state index in [1.807, 2.05) is 0 Å². The average Bonchev–Trinajstić information content (AvgIpc) is 3.39. The van der Waals surface area contributed by atoms with Gasteiger partial charge in [0.25, 0.3) is 5.91 Å². The molecule has 0 saturated carbocycles. The van der Waals surface area contributed by atoms with E-state index in [0.717, 1.165) is 12.1 Å². The number of aromatic amines is 1. The molecule has 32 heavy (non-hydrogen) atoms. The molecule has 166 valence electrons. The topological polar surface area (TPSA) is 148 Å². The van der Waals surface area contributed by atoms with Gasteiger partial charge in [-0.2, -0.15) is 13.2 Å². The van der Waals surface area contributed by atoms with Crippen LogP contribution in [0.3, 0.4) is 0 Å². The number of hydrogen-bond donors (Lipinski definition) is 4. The van der Waals surface area contributed by atoms with E-state index >= 15 is 0 Å². The number of nitrogens with two attached hydrogens (primary N) is 1. The van der Waals surface area contributed by atoms with Gasteiger partial charge in [0.1, 0.15) is 23.5 Å². The van der Waals surface area contributed by atoms with E-state index < -0.39 is 17.6 Å². The van der Waals surface area contributed by atoms with Crippen molar-refractivity contribution in [2.24, 2.45) is 0 Å². The molecule has 10 nitrogen and oxygen atoms in total. The van der Waals surface area contributed by atoms with Gasteiger partial charge in [-0.15, -0.1) is 0 Å². The van der Waals surface area contributed by atoms with Crippen LogP contribution < -0.4 is 16.4 Å². The third kappa shape index (κ3) is 4.23. The first-order valence-electron chi connectivity index (χ1n) is 9.31. The highest BCUT2D eigenvalue weighted by molar-refractivity contribution is 5.94. The van der Waals surface area contributed by atoms with Crippen LogP contribution in [0.25, 0.3) is 22.6 Å². The Labute approximate surface area is 178 Å². The van der Waals surface area contributed by atoms with Gasteiger partial charge >= 0.3 is 6.18 Å². The van der Waals surface area contributed by atoms with Crippen molar-refractivity contribution in [2.45, 2.75) is 19.3 Å². The van der Waals surface area contributed by atoms with Gasteiger partial charge in [-0.1, -0.05) is 5.16 Å². The molecule has 0 unspecified atom stereocenters. The molecular formula is C19H17F3N8O2. The molecule has 1 aromatic carbocycles. The molecule has 1 amide bonds. The summed E-state index contributed by atoms with van der Waals surface area (Å²) in [6.45, 7) is 0.329. The fraction of sp³-hybridized carbons (Fsp3) is 0.211. The zero-order valence-electron chi connectivity index (χ0n) is 16.6. The Bertz CT molecular complexity index is 1280. The third-order valence-corrected chi connectivity index (χ3v) is 4.58. The zero-order valence-corrected chi connectivity index (χ0v) is 16.6. The van der Waals surface area contributed by atoms with Crippen molar-refractivity contribution in [3.05, 3.63) is 53.1 Å². The molecule has 5 N–H and O–H groups in total. The number of aromatic nitrogens is 5. The molecule has 4 rings (SSSR count). The molecule has 0 aliphatic carbocycles. The largest absolute Gasteiger partial charge is 0.416 e. The van der Waals surface area contributed by atoms with Gasteiger partial charge in [-0.05, 0) is 25.2 Å². The van der Waals surface area contributed by atoms with Gasteiger partial charge in [0, 0.05) is 18.2 Å². The lowest BCUT2D eigenvalue weighted by Gasteiger charge is -2.09. The Hall–Kier alpha value is -4.00. The molecule has 3 heterocycles. The number of imidazole rings is 1. The molecule has 0 spiro atoms. The molecule has 3 aromatic heterocycles. The van der Waals surface area contributed by atoms with Crippen LogP contribution >= 0.6 is 0 Å². The van der Waals surface area contributed by atoms with Gasteiger partial charge in [0.05, 0.1) is 23.1 Å². The molecule has 13 heteroatoms. The number of alkyl halides is 3. The van der Waals surface area contributed by atoms with E-state index in [0.29, 0.717) is 23.3 Å². The van der Waals surface area contributed by atoms with Crippen LogP contribution in [-0.4, -0.2) is 38.0 Å². The van der Waals surface area contributed by atoms with E-state index in [2.05, 4.69) is 35.7 Å². The first-order valence-corrected chi connectivity index (χ1v) is 9.31. The Morgan fingerprint density at radius 1 is 1.22 bits per heavy atom. The van der Waals surface area contributed by atoms with Crippen molar-refractivity contribution in [1.29, 1.82) is 0 Å². The highest BCUT2D eigenvalue weighted by atomic mass is 19.4. The van der Waals surface area contributed by atoms with Gasteiger partial charge in [-0.25, -0.2) is 15.0 Å². The Morgan fingerprint density at radius 2 is 2.03 bits per heavy atom. The molecule has 0 aliphatic rings. The smallest absolute Gasteiger partial charge is 0.383 e. The van der Waals surface area contributed by atoms with Crippen LogP contribution in [0.15, 0.2) is 35.1 Å². The number of benzene rings is 1. The summed E-state index contributed by atoms with van der Waals surface area (Å²) in [4.78, 5) is 27.4. The number of halogens is 3. The highest BCUT2D eigenvalue weighted by Crippen LogP contribution is 2.31. The van der Waals surface area contributed by atoms with Gasteiger partial charge < -0.3 is 25.9 Å². The number of carbonyl (C=O) groups is 1. The maximum absolute atomic E-state index is 12.9. The van der Waals surface area contributed by atoms with Crippen molar-refractivity contribution in [1.82, 2.24) is 35.7 Å². The number of amides is 1. The number of nitrogens with zero attached hydrogens (tertiary/aromatic N) is 4. The van der Waals surface area contributed by atoms with Crippen molar-refractivity contribution >= 4 is 22.8 Å². The number of hydrogen-bond acceptors (Lipinski definition) is 8. The summed E-state index contributed by atoms with van der Waals surface area (Å²) < 4.78 is 43.9. The first kappa shape index (κ1) is 21.2. The maximum atomic E-state index is 12.9. The lowest BCUT2D eigenvalue weighted by molar-refractivity contribution is -0.137. The second-order valence-corrected chi connectivity index (χ2v) is 6.80. The van der Waals surface area contributed by atoms with Gasteiger partial charge in [-0.3, -0.25) is 4.79 Å². The van der Waals surface area contributed by atoms with E-state index in [-0.39, 0.29) is 35.2 Å². The lowest BCUT2D eigenvalue weighted by atomic mass is 10.2. The van der Waals surface area contributed by atoms with Crippen molar-refractivity contribution in [3.63, 3.8) is 0 Å².